The number of aryl methyl sites for hydroxylation is 1. The first-order valence-corrected chi connectivity index (χ1v) is 5.37. The monoisotopic (exact) mass is 216 g/mol. The van der Waals surface area contributed by atoms with E-state index in [4.69, 9.17) is 0 Å². The van der Waals surface area contributed by atoms with Crippen LogP contribution in [0.5, 0.6) is 0 Å². The molecule has 1 aromatic heterocycles. The van der Waals surface area contributed by atoms with Gasteiger partial charge in [0, 0.05) is 11.3 Å². The van der Waals surface area contributed by atoms with Crippen molar-refractivity contribution in [2.45, 2.75) is 27.4 Å². The molecule has 2 aromatic rings. The Balaban J connectivity index is 2.63. The van der Waals surface area contributed by atoms with Crippen LogP contribution in [0.4, 0.5) is 0 Å². The Hall–Kier alpha value is -1.61. The zero-order valence-corrected chi connectivity index (χ0v) is 9.86. The molecular weight excluding hydrogens is 200 g/mol. The number of aromatic nitrogens is 2. The summed E-state index contributed by atoms with van der Waals surface area (Å²) in [6.45, 7) is 6.15. The Morgan fingerprint density at radius 2 is 1.88 bits per heavy atom. The molecule has 0 fully saturated rings. The summed E-state index contributed by atoms with van der Waals surface area (Å²) in [6.07, 6.45) is 0. The van der Waals surface area contributed by atoms with Crippen LogP contribution in [-0.2, 0) is 6.61 Å². The predicted octanol–water partition coefficient (Wildman–Crippen LogP) is 2.29. The van der Waals surface area contributed by atoms with E-state index in [1.54, 1.807) is 0 Å². The van der Waals surface area contributed by atoms with Crippen molar-refractivity contribution < 1.29 is 5.11 Å². The first kappa shape index (κ1) is 10.9. The Morgan fingerprint density at radius 1 is 1.19 bits per heavy atom. The van der Waals surface area contributed by atoms with E-state index in [-0.39, 0.29) is 6.61 Å². The Kier molecular flexibility index (Phi) is 2.79. The molecule has 84 valence electrons. The molecule has 0 saturated heterocycles. The van der Waals surface area contributed by atoms with E-state index < -0.39 is 0 Å². The van der Waals surface area contributed by atoms with E-state index in [0.29, 0.717) is 0 Å². The van der Waals surface area contributed by atoms with E-state index in [2.05, 4.69) is 12.0 Å². The molecule has 3 nitrogen and oxygen atoms in total. The second-order valence-corrected chi connectivity index (χ2v) is 3.99. The van der Waals surface area contributed by atoms with Crippen molar-refractivity contribution in [3.8, 4) is 5.69 Å². The summed E-state index contributed by atoms with van der Waals surface area (Å²) in [5.74, 6) is 0. The summed E-state index contributed by atoms with van der Waals surface area (Å²) in [5, 5.41) is 13.8. The van der Waals surface area contributed by atoms with Gasteiger partial charge in [0.05, 0.1) is 18.0 Å². The summed E-state index contributed by atoms with van der Waals surface area (Å²) in [7, 11) is 0. The topological polar surface area (TPSA) is 38.0 Å². The lowest BCUT2D eigenvalue weighted by molar-refractivity contribution is 0.281. The van der Waals surface area contributed by atoms with Crippen molar-refractivity contribution in [1.82, 2.24) is 9.78 Å². The average molecular weight is 216 g/mol. The van der Waals surface area contributed by atoms with Gasteiger partial charge in [-0.3, -0.25) is 0 Å². The van der Waals surface area contributed by atoms with Gasteiger partial charge in [0.25, 0.3) is 0 Å². The SMILES string of the molecule is Cc1nn(-c2ccccc2CO)c(C)c1C. The van der Waals surface area contributed by atoms with E-state index >= 15 is 0 Å². The van der Waals surface area contributed by atoms with Crippen LogP contribution in [0.15, 0.2) is 24.3 Å². The Morgan fingerprint density at radius 3 is 2.44 bits per heavy atom. The summed E-state index contributed by atoms with van der Waals surface area (Å²) in [6, 6.07) is 7.78. The molecule has 0 atom stereocenters. The number of aliphatic hydroxyl groups excluding tert-OH is 1. The highest BCUT2D eigenvalue weighted by Crippen LogP contribution is 2.19. The van der Waals surface area contributed by atoms with Gasteiger partial charge in [0.2, 0.25) is 0 Å². The van der Waals surface area contributed by atoms with Crippen LogP contribution in [0.3, 0.4) is 0 Å². The molecule has 16 heavy (non-hydrogen) atoms. The molecule has 0 aliphatic carbocycles. The van der Waals surface area contributed by atoms with E-state index in [1.165, 1.54) is 5.56 Å². The van der Waals surface area contributed by atoms with Crippen LogP contribution in [0.25, 0.3) is 5.69 Å². The summed E-state index contributed by atoms with van der Waals surface area (Å²) in [4.78, 5) is 0. The third-order valence-electron chi connectivity index (χ3n) is 3.04. The quantitative estimate of drug-likeness (QED) is 0.836. The molecule has 0 unspecified atom stereocenters. The van der Waals surface area contributed by atoms with Crippen LogP contribution in [-0.4, -0.2) is 14.9 Å². The molecule has 2 rings (SSSR count). The van der Waals surface area contributed by atoms with Crippen molar-refractivity contribution >= 4 is 0 Å². The fourth-order valence-corrected chi connectivity index (χ4v) is 1.81. The van der Waals surface area contributed by atoms with Crippen LogP contribution >= 0.6 is 0 Å². The van der Waals surface area contributed by atoms with Crippen molar-refractivity contribution in [1.29, 1.82) is 0 Å². The van der Waals surface area contributed by atoms with Gasteiger partial charge in [-0.15, -0.1) is 0 Å². The molecule has 0 aliphatic heterocycles. The standard InChI is InChI=1S/C13H16N2O/c1-9-10(2)14-15(11(9)3)13-7-5-4-6-12(13)8-16/h4-7,16H,8H2,1-3H3. The predicted molar refractivity (Wildman–Crippen MR) is 63.7 cm³/mol. The van der Waals surface area contributed by atoms with Crippen molar-refractivity contribution in [2.75, 3.05) is 0 Å². The fourth-order valence-electron chi connectivity index (χ4n) is 1.81. The molecule has 0 spiro atoms. The molecule has 1 aromatic carbocycles. The molecule has 0 amide bonds. The minimum atomic E-state index is 0.0353. The molecule has 0 radical (unpaired) electrons. The lowest BCUT2D eigenvalue weighted by Crippen LogP contribution is -2.03. The fraction of sp³-hybridized carbons (Fsp3) is 0.308. The number of hydrogen-bond acceptors (Lipinski definition) is 2. The highest BCUT2D eigenvalue weighted by atomic mass is 16.3. The van der Waals surface area contributed by atoms with Gasteiger partial charge in [0.1, 0.15) is 0 Å². The number of nitrogens with zero attached hydrogens (tertiary/aromatic N) is 2. The highest BCUT2D eigenvalue weighted by Gasteiger charge is 2.11. The second kappa shape index (κ2) is 4.10. The minimum absolute atomic E-state index is 0.0353. The first-order chi connectivity index (χ1) is 7.65. The zero-order chi connectivity index (χ0) is 11.7. The van der Waals surface area contributed by atoms with E-state index in [0.717, 1.165) is 22.6 Å². The molecule has 3 heteroatoms. The van der Waals surface area contributed by atoms with Gasteiger partial charge in [-0.1, -0.05) is 18.2 Å². The number of aliphatic hydroxyl groups is 1. The van der Waals surface area contributed by atoms with Crippen LogP contribution in [0.1, 0.15) is 22.5 Å². The van der Waals surface area contributed by atoms with Crippen molar-refractivity contribution in [3.05, 3.63) is 46.8 Å². The highest BCUT2D eigenvalue weighted by molar-refractivity contribution is 5.43. The zero-order valence-electron chi connectivity index (χ0n) is 9.86. The molecule has 0 saturated carbocycles. The van der Waals surface area contributed by atoms with Crippen LogP contribution in [0.2, 0.25) is 0 Å². The van der Waals surface area contributed by atoms with Gasteiger partial charge < -0.3 is 5.11 Å². The first-order valence-electron chi connectivity index (χ1n) is 5.37. The average Bonchev–Trinajstić information content (AvgIpc) is 2.57. The molecular formula is C13H16N2O. The van der Waals surface area contributed by atoms with Gasteiger partial charge >= 0.3 is 0 Å². The number of para-hydroxylation sites is 1. The van der Waals surface area contributed by atoms with Gasteiger partial charge in [-0.05, 0) is 32.4 Å². The molecule has 1 N–H and O–H groups in total. The summed E-state index contributed by atoms with van der Waals surface area (Å²) in [5.41, 5.74) is 5.21. The largest absolute Gasteiger partial charge is 0.392 e. The van der Waals surface area contributed by atoms with E-state index in [9.17, 15) is 5.11 Å². The maximum absolute atomic E-state index is 9.31. The van der Waals surface area contributed by atoms with E-state index in [1.807, 2.05) is 42.8 Å². The lowest BCUT2D eigenvalue weighted by Gasteiger charge is -2.09. The maximum atomic E-state index is 9.31. The van der Waals surface area contributed by atoms with Crippen molar-refractivity contribution in [3.63, 3.8) is 0 Å². The molecule has 1 heterocycles. The lowest BCUT2D eigenvalue weighted by atomic mass is 10.2. The summed E-state index contributed by atoms with van der Waals surface area (Å²) >= 11 is 0. The number of rotatable bonds is 2. The normalized spacial score (nSPS) is 10.8. The third-order valence-corrected chi connectivity index (χ3v) is 3.04. The van der Waals surface area contributed by atoms with Crippen LogP contribution in [0, 0.1) is 20.8 Å². The van der Waals surface area contributed by atoms with Gasteiger partial charge in [-0.25, -0.2) is 4.68 Å². The smallest absolute Gasteiger partial charge is 0.0703 e. The van der Waals surface area contributed by atoms with Crippen molar-refractivity contribution in [2.24, 2.45) is 0 Å². The second-order valence-electron chi connectivity index (χ2n) is 3.99. The van der Waals surface area contributed by atoms with Crippen LogP contribution < -0.4 is 0 Å². The van der Waals surface area contributed by atoms with Gasteiger partial charge in [-0.2, -0.15) is 5.10 Å². The molecule has 0 bridgehead atoms. The minimum Gasteiger partial charge on any atom is -0.392 e. The Bertz CT molecular complexity index is 515. The van der Waals surface area contributed by atoms with Gasteiger partial charge in [0.15, 0.2) is 0 Å². The summed E-state index contributed by atoms with van der Waals surface area (Å²) < 4.78 is 1.90. The third kappa shape index (κ3) is 1.63. The Labute approximate surface area is 95.3 Å². The maximum Gasteiger partial charge on any atom is 0.0703 e. The molecule has 0 aliphatic rings. The number of benzene rings is 1. The number of hydrogen-bond donors (Lipinski definition) is 1.